The van der Waals surface area contributed by atoms with Gasteiger partial charge in [0.15, 0.2) is 0 Å². The summed E-state index contributed by atoms with van der Waals surface area (Å²) in [5.74, 6) is 1.26. The van der Waals surface area contributed by atoms with Gasteiger partial charge in [0.2, 0.25) is 0 Å². The predicted octanol–water partition coefficient (Wildman–Crippen LogP) is 3.46. The highest BCUT2D eigenvalue weighted by Crippen LogP contribution is 2.25. The van der Waals surface area contributed by atoms with Gasteiger partial charge in [0.25, 0.3) is 5.91 Å². The molecule has 0 aliphatic carbocycles. The zero-order valence-corrected chi connectivity index (χ0v) is 13.2. The number of thioether (sulfide) groups is 1. The summed E-state index contributed by atoms with van der Waals surface area (Å²) >= 11 is 5.40. The summed E-state index contributed by atoms with van der Waals surface area (Å²) in [5.41, 5.74) is 0.736. The van der Waals surface area contributed by atoms with E-state index in [0.29, 0.717) is 5.25 Å². The molecular formula is C13H19BrN2OS. The second kappa shape index (κ2) is 6.15. The molecule has 1 N–H and O–H groups in total. The third kappa shape index (κ3) is 3.32. The van der Waals surface area contributed by atoms with Crippen molar-refractivity contribution in [2.45, 2.75) is 38.0 Å². The minimum atomic E-state index is 0.0295. The number of nitrogens with one attached hydrogen (secondary N) is 1. The van der Waals surface area contributed by atoms with Crippen LogP contribution in [0.25, 0.3) is 0 Å². The molecule has 1 unspecified atom stereocenters. The summed E-state index contributed by atoms with van der Waals surface area (Å²) in [5, 5.41) is 3.65. The summed E-state index contributed by atoms with van der Waals surface area (Å²) in [7, 11) is 0. The molecule has 0 bridgehead atoms. The van der Waals surface area contributed by atoms with Crippen LogP contribution in [0.2, 0.25) is 0 Å². The van der Waals surface area contributed by atoms with Crippen molar-refractivity contribution < 1.29 is 4.79 Å². The minimum absolute atomic E-state index is 0.0295. The molecule has 0 spiro atoms. The van der Waals surface area contributed by atoms with Gasteiger partial charge in [-0.2, -0.15) is 11.8 Å². The van der Waals surface area contributed by atoms with Gasteiger partial charge in [0.05, 0.1) is 0 Å². The number of hydrogen-bond donors (Lipinski definition) is 1. The van der Waals surface area contributed by atoms with E-state index in [1.54, 1.807) is 0 Å². The molecule has 1 saturated heterocycles. The van der Waals surface area contributed by atoms with E-state index in [4.69, 9.17) is 0 Å². The first-order valence-corrected chi connectivity index (χ1v) is 8.19. The van der Waals surface area contributed by atoms with E-state index in [-0.39, 0.29) is 11.9 Å². The van der Waals surface area contributed by atoms with Crippen LogP contribution in [0.4, 0.5) is 0 Å². The van der Waals surface area contributed by atoms with Crippen LogP contribution in [-0.2, 0) is 0 Å². The fourth-order valence-corrected chi connectivity index (χ4v) is 3.80. The maximum Gasteiger partial charge on any atom is 0.267 e. The van der Waals surface area contributed by atoms with Gasteiger partial charge in [0, 0.05) is 28.5 Å². The number of carbonyl (C=O) groups excluding carboxylic acids is 1. The quantitative estimate of drug-likeness (QED) is 0.917. The van der Waals surface area contributed by atoms with Gasteiger partial charge in [-0.25, -0.2) is 0 Å². The molecule has 100 valence electrons. The van der Waals surface area contributed by atoms with Gasteiger partial charge in [-0.15, -0.1) is 0 Å². The van der Waals surface area contributed by atoms with Crippen LogP contribution in [0.1, 0.15) is 43.2 Å². The summed E-state index contributed by atoms with van der Waals surface area (Å²) in [6, 6.07) is 2.18. The van der Waals surface area contributed by atoms with Crippen molar-refractivity contribution in [2.24, 2.45) is 0 Å². The highest BCUT2D eigenvalue weighted by atomic mass is 79.9. The third-order valence-corrected chi connectivity index (χ3v) is 4.95. The maximum absolute atomic E-state index is 12.2. The van der Waals surface area contributed by atoms with E-state index >= 15 is 0 Å². The first-order valence-electron chi connectivity index (χ1n) is 6.35. The molecule has 3 nitrogen and oxygen atoms in total. The topological polar surface area (TPSA) is 34.0 Å². The molecular weight excluding hydrogens is 312 g/mol. The molecule has 1 fully saturated rings. The lowest BCUT2D eigenvalue weighted by Gasteiger charge is -2.14. The zero-order valence-electron chi connectivity index (χ0n) is 10.8. The Labute approximate surface area is 121 Å². The number of aromatic nitrogens is 1. The first-order chi connectivity index (χ1) is 8.58. The third-order valence-electron chi connectivity index (χ3n) is 3.12. The molecule has 0 aromatic carbocycles. The van der Waals surface area contributed by atoms with Crippen molar-refractivity contribution in [1.29, 1.82) is 0 Å². The molecule has 0 saturated carbocycles. The van der Waals surface area contributed by atoms with Gasteiger partial charge in [-0.1, -0.05) is 0 Å². The van der Waals surface area contributed by atoms with Crippen LogP contribution >= 0.6 is 27.7 Å². The summed E-state index contributed by atoms with van der Waals surface area (Å²) in [6.07, 6.45) is 4.46. The average molecular weight is 331 g/mol. The largest absolute Gasteiger partial charge is 0.350 e. The minimum Gasteiger partial charge on any atom is -0.350 e. The van der Waals surface area contributed by atoms with Crippen LogP contribution in [0, 0.1) is 0 Å². The SMILES string of the molecule is CC(C)n1cc(Br)cc1C(=O)NCC1CCCS1. The van der Waals surface area contributed by atoms with Crippen molar-refractivity contribution in [3.05, 3.63) is 22.4 Å². The molecule has 1 aliphatic rings. The van der Waals surface area contributed by atoms with Crippen molar-refractivity contribution in [1.82, 2.24) is 9.88 Å². The van der Waals surface area contributed by atoms with Gasteiger partial charge < -0.3 is 9.88 Å². The van der Waals surface area contributed by atoms with Gasteiger partial charge in [0.1, 0.15) is 5.69 Å². The fourth-order valence-electron chi connectivity index (χ4n) is 2.16. The fraction of sp³-hybridized carbons (Fsp3) is 0.615. The second-order valence-electron chi connectivity index (χ2n) is 4.89. The van der Waals surface area contributed by atoms with Gasteiger partial charge >= 0.3 is 0 Å². The van der Waals surface area contributed by atoms with E-state index in [0.717, 1.165) is 16.7 Å². The van der Waals surface area contributed by atoms with E-state index in [1.807, 2.05) is 28.6 Å². The van der Waals surface area contributed by atoms with E-state index in [9.17, 15) is 4.79 Å². The van der Waals surface area contributed by atoms with Crippen LogP contribution in [-0.4, -0.2) is 28.0 Å². The molecule has 1 aromatic heterocycles. The molecule has 5 heteroatoms. The molecule has 1 atom stereocenters. The highest BCUT2D eigenvalue weighted by molar-refractivity contribution is 9.10. The second-order valence-corrected chi connectivity index (χ2v) is 7.21. The maximum atomic E-state index is 12.2. The molecule has 2 heterocycles. The Morgan fingerprint density at radius 1 is 1.67 bits per heavy atom. The standard InChI is InChI=1S/C13H19BrN2OS/c1-9(2)16-8-10(14)6-12(16)13(17)15-7-11-4-3-5-18-11/h6,8-9,11H,3-5,7H2,1-2H3,(H,15,17). The van der Waals surface area contributed by atoms with Gasteiger partial charge in [-0.05, 0) is 54.4 Å². The van der Waals surface area contributed by atoms with Crippen LogP contribution in [0.3, 0.4) is 0 Å². The molecule has 0 radical (unpaired) electrons. The number of rotatable bonds is 4. The van der Waals surface area contributed by atoms with Crippen LogP contribution in [0.5, 0.6) is 0 Å². The summed E-state index contributed by atoms with van der Waals surface area (Å²) in [4.78, 5) is 12.2. The summed E-state index contributed by atoms with van der Waals surface area (Å²) < 4.78 is 2.96. The normalized spacial score (nSPS) is 19.4. The number of nitrogens with zero attached hydrogens (tertiary/aromatic N) is 1. The lowest BCUT2D eigenvalue weighted by molar-refractivity contribution is 0.0943. The van der Waals surface area contributed by atoms with Gasteiger partial charge in [-0.3, -0.25) is 4.79 Å². The van der Waals surface area contributed by atoms with Crippen molar-refractivity contribution in [3.8, 4) is 0 Å². The molecule has 1 amide bonds. The first kappa shape index (κ1) is 14.0. The molecule has 1 aromatic rings. The van der Waals surface area contributed by atoms with E-state index in [1.165, 1.54) is 18.6 Å². The Morgan fingerprint density at radius 2 is 2.44 bits per heavy atom. The Bertz CT molecular complexity index is 425. The lowest BCUT2D eigenvalue weighted by atomic mass is 10.2. The summed E-state index contributed by atoms with van der Waals surface area (Å²) in [6.45, 7) is 4.94. The molecule has 18 heavy (non-hydrogen) atoms. The van der Waals surface area contributed by atoms with E-state index < -0.39 is 0 Å². The number of amides is 1. The zero-order chi connectivity index (χ0) is 13.1. The van der Waals surface area contributed by atoms with Crippen molar-refractivity contribution in [2.75, 3.05) is 12.3 Å². The Kier molecular flexibility index (Phi) is 4.78. The van der Waals surface area contributed by atoms with Crippen LogP contribution in [0.15, 0.2) is 16.7 Å². The average Bonchev–Trinajstić information content (AvgIpc) is 2.94. The Balaban J connectivity index is 1.99. The Morgan fingerprint density at radius 3 is 3.06 bits per heavy atom. The Hall–Kier alpha value is -0.420. The van der Waals surface area contributed by atoms with E-state index in [2.05, 4.69) is 35.1 Å². The molecule has 2 rings (SSSR count). The van der Waals surface area contributed by atoms with Crippen LogP contribution < -0.4 is 5.32 Å². The monoisotopic (exact) mass is 330 g/mol. The predicted molar refractivity (Wildman–Crippen MR) is 80.3 cm³/mol. The lowest BCUT2D eigenvalue weighted by Crippen LogP contribution is -2.31. The molecule has 1 aliphatic heterocycles. The smallest absolute Gasteiger partial charge is 0.267 e. The number of hydrogen-bond acceptors (Lipinski definition) is 2. The number of halogens is 1. The van der Waals surface area contributed by atoms with Crippen molar-refractivity contribution in [3.63, 3.8) is 0 Å². The highest BCUT2D eigenvalue weighted by Gasteiger charge is 2.19. The van der Waals surface area contributed by atoms with Crippen molar-refractivity contribution >= 4 is 33.6 Å². The number of carbonyl (C=O) groups is 1.